The highest BCUT2D eigenvalue weighted by Crippen LogP contribution is 2.25. The highest BCUT2D eigenvalue weighted by molar-refractivity contribution is 7.89. The van der Waals surface area contributed by atoms with Gasteiger partial charge in [0.25, 0.3) is 0 Å². The zero-order valence-electron chi connectivity index (χ0n) is 12.4. The fourth-order valence-corrected chi connectivity index (χ4v) is 4.09. The average Bonchev–Trinajstić information content (AvgIpc) is 2.46. The lowest BCUT2D eigenvalue weighted by Crippen LogP contribution is -2.37. The Morgan fingerprint density at radius 2 is 1.95 bits per heavy atom. The second-order valence-corrected chi connectivity index (χ2v) is 7.50. The Morgan fingerprint density at radius 1 is 1.33 bits per heavy atom. The van der Waals surface area contributed by atoms with E-state index in [4.69, 9.17) is 0 Å². The summed E-state index contributed by atoms with van der Waals surface area (Å²) in [6.07, 6.45) is 2.25. The molecule has 1 aliphatic rings. The molecule has 1 heterocycles. The summed E-state index contributed by atoms with van der Waals surface area (Å²) in [4.78, 5) is 11.3. The van der Waals surface area contributed by atoms with Crippen LogP contribution in [-0.2, 0) is 16.4 Å². The molecule has 5 nitrogen and oxygen atoms in total. The van der Waals surface area contributed by atoms with Gasteiger partial charge in [-0.05, 0) is 42.9 Å². The number of sulfonamides is 1. The SMILES string of the molecule is CCc1ccc(S(=O)(=O)N2CCC(C)CC2)cc1C(=O)O. The third-order valence-electron chi connectivity index (χ3n) is 4.07. The van der Waals surface area contributed by atoms with Crippen LogP contribution in [0.25, 0.3) is 0 Å². The topological polar surface area (TPSA) is 74.7 Å². The summed E-state index contributed by atoms with van der Waals surface area (Å²) in [5.41, 5.74) is 0.720. The van der Waals surface area contributed by atoms with Crippen molar-refractivity contribution in [2.45, 2.75) is 38.0 Å². The van der Waals surface area contributed by atoms with Gasteiger partial charge in [-0.25, -0.2) is 13.2 Å². The standard InChI is InChI=1S/C15H21NO4S/c1-3-12-4-5-13(10-14(12)15(17)18)21(19,20)16-8-6-11(2)7-9-16/h4-5,10-11H,3,6-9H2,1-2H3,(H,17,18). The van der Waals surface area contributed by atoms with Crippen molar-refractivity contribution >= 4 is 16.0 Å². The Bertz CT molecular complexity index is 631. The molecule has 1 fully saturated rings. The Hall–Kier alpha value is -1.40. The van der Waals surface area contributed by atoms with E-state index in [0.717, 1.165) is 12.8 Å². The van der Waals surface area contributed by atoms with E-state index in [1.54, 1.807) is 6.07 Å². The van der Waals surface area contributed by atoms with Crippen molar-refractivity contribution in [3.63, 3.8) is 0 Å². The first-order valence-corrected chi connectivity index (χ1v) is 8.66. The normalized spacial score (nSPS) is 17.8. The molecule has 1 aromatic rings. The van der Waals surface area contributed by atoms with Gasteiger partial charge in [0.2, 0.25) is 10.0 Å². The van der Waals surface area contributed by atoms with Crippen molar-refractivity contribution in [2.75, 3.05) is 13.1 Å². The first-order chi connectivity index (χ1) is 9.86. The lowest BCUT2D eigenvalue weighted by atomic mass is 10.0. The number of rotatable bonds is 4. The van der Waals surface area contributed by atoms with Gasteiger partial charge in [-0.15, -0.1) is 0 Å². The van der Waals surface area contributed by atoms with E-state index in [-0.39, 0.29) is 10.5 Å². The number of carbonyl (C=O) groups is 1. The van der Waals surface area contributed by atoms with Crippen LogP contribution in [-0.4, -0.2) is 36.9 Å². The number of carboxylic acids is 1. The Kier molecular flexibility index (Phi) is 4.68. The zero-order chi connectivity index (χ0) is 15.6. The van der Waals surface area contributed by atoms with Gasteiger partial charge in [0.15, 0.2) is 0 Å². The molecule has 0 radical (unpaired) electrons. The van der Waals surface area contributed by atoms with Crippen LogP contribution in [0.3, 0.4) is 0 Å². The van der Waals surface area contributed by atoms with Crippen LogP contribution in [0.1, 0.15) is 42.6 Å². The molecule has 0 saturated carbocycles. The van der Waals surface area contributed by atoms with Gasteiger partial charge in [0, 0.05) is 13.1 Å². The highest BCUT2D eigenvalue weighted by atomic mass is 32.2. The Balaban J connectivity index is 2.36. The summed E-state index contributed by atoms with van der Waals surface area (Å²) >= 11 is 0. The zero-order valence-corrected chi connectivity index (χ0v) is 13.2. The molecule has 6 heteroatoms. The molecule has 1 aromatic carbocycles. The number of aromatic carboxylic acids is 1. The summed E-state index contributed by atoms with van der Waals surface area (Å²) in [6.45, 7) is 4.97. The maximum absolute atomic E-state index is 12.6. The first kappa shape index (κ1) is 16.0. The van der Waals surface area contributed by atoms with Crippen molar-refractivity contribution in [1.29, 1.82) is 0 Å². The van der Waals surface area contributed by atoms with Crippen molar-refractivity contribution in [3.05, 3.63) is 29.3 Å². The van der Waals surface area contributed by atoms with Gasteiger partial charge in [0.1, 0.15) is 0 Å². The molecular weight excluding hydrogens is 290 g/mol. The first-order valence-electron chi connectivity index (χ1n) is 7.22. The summed E-state index contributed by atoms with van der Waals surface area (Å²) < 4.78 is 26.7. The number of aryl methyl sites for hydroxylation is 1. The predicted octanol–water partition coefficient (Wildman–Crippen LogP) is 2.37. The van der Waals surface area contributed by atoms with E-state index in [1.807, 2.05) is 6.92 Å². The molecular formula is C15H21NO4S. The predicted molar refractivity (Wildman–Crippen MR) is 79.9 cm³/mol. The maximum Gasteiger partial charge on any atom is 0.336 e. The lowest BCUT2D eigenvalue weighted by Gasteiger charge is -2.29. The van der Waals surface area contributed by atoms with E-state index in [1.165, 1.54) is 16.4 Å². The fraction of sp³-hybridized carbons (Fsp3) is 0.533. The molecule has 1 aliphatic heterocycles. The summed E-state index contributed by atoms with van der Waals surface area (Å²) in [6, 6.07) is 4.40. The van der Waals surface area contributed by atoms with Crippen LogP contribution in [0, 0.1) is 5.92 Å². The fourth-order valence-electron chi connectivity index (χ4n) is 2.60. The highest BCUT2D eigenvalue weighted by Gasteiger charge is 2.28. The number of piperidine rings is 1. The third kappa shape index (κ3) is 3.27. The van der Waals surface area contributed by atoms with Crippen LogP contribution in [0.5, 0.6) is 0 Å². The molecule has 116 valence electrons. The van der Waals surface area contributed by atoms with Crippen molar-refractivity contribution < 1.29 is 18.3 Å². The Morgan fingerprint density at radius 3 is 2.48 bits per heavy atom. The molecule has 21 heavy (non-hydrogen) atoms. The maximum atomic E-state index is 12.6. The number of carboxylic acid groups (broad SMARTS) is 1. The van der Waals surface area contributed by atoms with Crippen molar-refractivity contribution in [1.82, 2.24) is 4.31 Å². The van der Waals surface area contributed by atoms with E-state index >= 15 is 0 Å². The number of hydrogen-bond donors (Lipinski definition) is 1. The minimum atomic E-state index is -3.60. The van der Waals surface area contributed by atoms with Crippen LogP contribution in [0.4, 0.5) is 0 Å². The number of benzene rings is 1. The molecule has 0 amide bonds. The van der Waals surface area contributed by atoms with Gasteiger partial charge >= 0.3 is 5.97 Å². The smallest absolute Gasteiger partial charge is 0.336 e. The molecule has 0 spiro atoms. The van der Waals surface area contributed by atoms with Gasteiger partial charge in [-0.2, -0.15) is 4.31 Å². The molecule has 0 unspecified atom stereocenters. The molecule has 0 atom stereocenters. The summed E-state index contributed by atoms with van der Waals surface area (Å²) in [5.74, 6) is -0.551. The van der Waals surface area contributed by atoms with Crippen LogP contribution in [0.15, 0.2) is 23.1 Å². The van der Waals surface area contributed by atoms with Gasteiger partial charge in [-0.1, -0.05) is 19.9 Å². The third-order valence-corrected chi connectivity index (χ3v) is 5.97. The van der Waals surface area contributed by atoms with Crippen molar-refractivity contribution in [2.24, 2.45) is 5.92 Å². The van der Waals surface area contributed by atoms with E-state index in [2.05, 4.69) is 6.92 Å². The lowest BCUT2D eigenvalue weighted by molar-refractivity contribution is 0.0695. The molecule has 2 rings (SSSR count). The van der Waals surface area contributed by atoms with Crippen LogP contribution < -0.4 is 0 Å². The van der Waals surface area contributed by atoms with Gasteiger partial charge in [-0.3, -0.25) is 0 Å². The number of nitrogens with zero attached hydrogens (tertiary/aromatic N) is 1. The van der Waals surface area contributed by atoms with Gasteiger partial charge < -0.3 is 5.11 Å². The molecule has 1 saturated heterocycles. The van der Waals surface area contributed by atoms with Gasteiger partial charge in [0.05, 0.1) is 10.5 Å². The number of hydrogen-bond acceptors (Lipinski definition) is 3. The van der Waals surface area contributed by atoms with Crippen LogP contribution in [0.2, 0.25) is 0 Å². The second-order valence-electron chi connectivity index (χ2n) is 5.56. The average molecular weight is 311 g/mol. The molecule has 0 bridgehead atoms. The minimum absolute atomic E-state index is 0.0731. The second kappa shape index (κ2) is 6.15. The molecule has 1 N–H and O–H groups in total. The largest absolute Gasteiger partial charge is 0.478 e. The summed E-state index contributed by atoms with van der Waals surface area (Å²) in [7, 11) is -3.60. The monoisotopic (exact) mass is 311 g/mol. The minimum Gasteiger partial charge on any atom is -0.478 e. The summed E-state index contributed by atoms with van der Waals surface area (Å²) in [5, 5.41) is 9.22. The van der Waals surface area contributed by atoms with E-state index in [9.17, 15) is 18.3 Å². The quantitative estimate of drug-likeness (QED) is 0.926. The van der Waals surface area contributed by atoms with Crippen LogP contribution >= 0.6 is 0 Å². The molecule has 0 aromatic heterocycles. The van der Waals surface area contributed by atoms with E-state index in [0.29, 0.717) is 31.0 Å². The van der Waals surface area contributed by atoms with E-state index < -0.39 is 16.0 Å². The molecule has 0 aliphatic carbocycles. The Labute approximate surface area is 125 Å². The van der Waals surface area contributed by atoms with Crippen molar-refractivity contribution in [3.8, 4) is 0 Å².